The van der Waals surface area contributed by atoms with Crippen LogP contribution in [0.4, 0.5) is 0 Å². The molecule has 0 aliphatic carbocycles. The van der Waals surface area contributed by atoms with Gasteiger partial charge in [0.1, 0.15) is 5.54 Å². The molecular weight excluding hydrogens is 260 g/mol. The van der Waals surface area contributed by atoms with Gasteiger partial charge in [-0.2, -0.15) is 0 Å². The average Bonchev–Trinajstić information content (AvgIpc) is 2.51. The summed E-state index contributed by atoms with van der Waals surface area (Å²) in [5.41, 5.74) is -1.65. The number of hydrogen-bond acceptors (Lipinski definition) is 4. The molecule has 0 aromatic rings. The molecule has 20 heavy (non-hydrogen) atoms. The number of carboxylic acid groups (broad SMARTS) is 1. The molecule has 0 saturated carbocycles. The molecule has 2 amide bonds. The molecule has 1 unspecified atom stereocenters. The molecule has 0 spiro atoms. The van der Waals surface area contributed by atoms with E-state index in [-0.39, 0.29) is 24.8 Å². The molecule has 0 radical (unpaired) electrons. The van der Waals surface area contributed by atoms with Crippen LogP contribution in [0.5, 0.6) is 0 Å². The number of likely N-dealkylation sites (tertiary alicyclic amines) is 1. The van der Waals surface area contributed by atoms with Crippen molar-refractivity contribution in [1.82, 2.24) is 10.2 Å². The molecule has 1 fully saturated rings. The number of amides is 2. The highest BCUT2D eigenvalue weighted by atomic mass is 16.4. The van der Waals surface area contributed by atoms with Crippen LogP contribution in [0, 0.1) is 5.41 Å². The van der Waals surface area contributed by atoms with Gasteiger partial charge >= 0.3 is 5.97 Å². The van der Waals surface area contributed by atoms with Gasteiger partial charge in [-0.25, -0.2) is 0 Å². The number of carboxylic acids is 1. The third-order valence-electron chi connectivity index (χ3n) is 3.82. The number of imide groups is 1. The monoisotopic (exact) mass is 284 g/mol. The Labute approximate surface area is 119 Å². The second-order valence-corrected chi connectivity index (χ2v) is 6.18. The first-order valence-electron chi connectivity index (χ1n) is 6.97. The minimum Gasteiger partial charge on any atom is -0.480 e. The fraction of sp³-hybridized carbons (Fsp3) is 0.786. The molecular formula is C14H24N2O4. The fourth-order valence-electron chi connectivity index (χ4n) is 2.51. The van der Waals surface area contributed by atoms with Gasteiger partial charge in [0.2, 0.25) is 11.8 Å². The van der Waals surface area contributed by atoms with Crippen LogP contribution >= 0.6 is 0 Å². The molecule has 114 valence electrons. The summed E-state index contributed by atoms with van der Waals surface area (Å²) in [4.78, 5) is 36.3. The zero-order valence-corrected chi connectivity index (χ0v) is 12.7. The first kappa shape index (κ1) is 16.6. The third kappa shape index (κ3) is 3.36. The Balaban J connectivity index is 2.58. The highest BCUT2D eigenvalue weighted by molar-refractivity contribution is 6.05. The highest BCUT2D eigenvalue weighted by Crippen LogP contribution is 2.31. The fourth-order valence-corrected chi connectivity index (χ4v) is 2.51. The van der Waals surface area contributed by atoms with Crippen molar-refractivity contribution >= 4 is 17.8 Å². The standard InChI is InChI=1S/C14H24N2O4/c1-5-15-14(4,12(19)20)7-6-8-16-10(17)9-13(2,3)11(16)18/h15H,5-9H2,1-4H3,(H,19,20). The summed E-state index contributed by atoms with van der Waals surface area (Å²) in [5.74, 6) is -1.25. The van der Waals surface area contributed by atoms with Gasteiger partial charge < -0.3 is 10.4 Å². The van der Waals surface area contributed by atoms with E-state index in [1.165, 1.54) is 4.90 Å². The van der Waals surface area contributed by atoms with Crippen LogP contribution in [0.3, 0.4) is 0 Å². The van der Waals surface area contributed by atoms with E-state index in [0.29, 0.717) is 19.4 Å². The SMILES string of the molecule is CCNC(C)(CCCN1C(=O)CC(C)(C)C1=O)C(=O)O. The summed E-state index contributed by atoms with van der Waals surface area (Å²) in [6.45, 7) is 7.82. The van der Waals surface area contributed by atoms with Crippen LogP contribution < -0.4 is 5.32 Å². The van der Waals surface area contributed by atoms with Crippen molar-refractivity contribution in [2.24, 2.45) is 5.41 Å². The Morgan fingerprint density at radius 1 is 1.45 bits per heavy atom. The van der Waals surface area contributed by atoms with Crippen molar-refractivity contribution in [3.63, 3.8) is 0 Å². The molecule has 0 aromatic carbocycles. The predicted octanol–water partition coefficient (Wildman–Crippen LogP) is 1.00. The van der Waals surface area contributed by atoms with Crippen molar-refractivity contribution in [3.8, 4) is 0 Å². The Kier molecular flexibility index (Phi) is 4.91. The predicted molar refractivity (Wildman–Crippen MR) is 74.1 cm³/mol. The number of aliphatic carboxylic acids is 1. The second-order valence-electron chi connectivity index (χ2n) is 6.18. The maximum atomic E-state index is 12.0. The normalized spacial score (nSPS) is 21.1. The van der Waals surface area contributed by atoms with Crippen LogP contribution in [0.15, 0.2) is 0 Å². The van der Waals surface area contributed by atoms with Crippen molar-refractivity contribution < 1.29 is 19.5 Å². The molecule has 1 heterocycles. The van der Waals surface area contributed by atoms with Crippen molar-refractivity contribution in [2.45, 2.75) is 52.5 Å². The topological polar surface area (TPSA) is 86.7 Å². The lowest BCUT2D eigenvalue weighted by atomic mass is 9.92. The summed E-state index contributed by atoms with van der Waals surface area (Å²) in [5, 5.41) is 12.2. The number of rotatable bonds is 7. The summed E-state index contributed by atoms with van der Waals surface area (Å²) in [6.07, 6.45) is 1.08. The van der Waals surface area contributed by atoms with Crippen LogP contribution in [0.25, 0.3) is 0 Å². The number of carbonyl (C=O) groups is 3. The summed E-state index contributed by atoms with van der Waals surface area (Å²) >= 11 is 0. The highest BCUT2D eigenvalue weighted by Gasteiger charge is 2.44. The molecule has 1 rings (SSSR count). The lowest BCUT2D eigenvalue weighted by Gasteiger charge is -2.26. The number of hydrogen-bond donors (Lipinski definition) is 2. The molecule has 1 aliphatic rings. The van der Waals surface area contributed by atoms with Crippen molar-refractivity contribution in [1.29, 1.82) is 0 Å². The minimum atomic E-state index is -1.02. The number of nitrogens with zero attached hydrogens (tertiary/aromatic N) is 1. The van der Waals surface area contributed by atoms with E-state index in [1.54, 1.807) is 20.8 Å². The molecule has 1 aliphatic heterocycles. The van der Waals surface area contributed by atoms with E-state index >= 15 is 0 Å². The zero-order valence-electron chi connectivity index (χ0n) is 12.7. The molecule has 1 saturated heterocycles. The zero-order chi connectivity index (χ0) is 15.6. The lowest BCUT2D eigenvalue weighted by Crippen LogP contribution is -2.49. The van der Waals surface area contributed by atoms with E-state index in [4.69, 9.17) is 0 Å². The maximum Gasteiger partial charge on any atom is 0.323 e. The van der Waals surface area contributed by atoms with Crippen LogP contribution in [0.2, 0.25) is 0 Å². The second kappa shape index (κ2) is 5.91. The molecule has 2 N–H and O–H groups in total. The smallest absolute Gasteiger partial charge is 0.323 e. The van der Waals surface area contributed by atoms with Gasteiger partial charge in [0, 0.05) is 13.0 Å². The van der Waals surface area contributed by atoms with E-state index in [0.717, 1.165) is 0 Å². The van der Waals surface area contributed by atoms with Crippen LogP contribution in [-0.4, -0.2) is 46.4 Å². The van der Waals surface area contributed by atoms with Crippen LogP contribution in [-0.2, 0) is 14.4 Å². The first-order valence-corrected chi connectivity index (χ1v) is 6.97. The Hall–Kier alpha value is -1.43. The van der Waals surface area contributed by atoms with E-state index in [1.807, 2.05) is 6.92 Å². The molecule has 1 atom stereocenters. The van der Waals surface area contributed by atoms with Gasteiger partial charge in [-0.15, -0.1) is 0 Å². The van der Waals surface area contributed by atoms with Gasteiger partial charge in [-0.3, -0.25) is 19.3 Å². The molecule has 6 nitrogen and oxygen atoms in total. The average molecular weight is 284 g/mol. The molecule has 0 aromatic heterocycles. The summed E-state index contributed by atoms with van der Waals surface area (Å²) < 4.78 is 0. The van der Waals surface area contributed by atoms with E-state index in [9.17, 15) is 19.5 Å². The summed E-state index contributed by atoms with van der Waals surface area (Å²) in [7, 11) is 0. The minimum absolute atomic E-state index is 0.164. The Bertz CT molecular complexity index is 419. The first-order chi connectivity index (χ1) is 9.14. The van der Waals surface area contributed by atoms with Crippen molar-refractivity contribution in [3.05, 3.63) is 0 Å². The van der Waals surface area contributed by atoms with Crippen LogP contribution in [0.1, 0.15) is 47.0 Å². The van der Waals surface area contributed by atoms with Gasteiger partial charge in [0.25, 0.3) is 0 Å². The Morgan fingerprint density at radius 2 is 2.05 bits per heavy atom. The quantitative estimate of drug-likeness (QED) is 0.681. The van der Waals surface area contributed by atoms with Gasteiger partial charge in [-0.1, -0.05) is 20.8 Å². The number of likely N-dealkylation sites (N-methyl/N-ethyl adjacent to an activating group) is 1. The molecule has 0 bridgehead atoms. The van der Waals surface area contributed by atoms with Gasteiger partial charge in [0.05, 0.1) is 5.41 Å². The van der Waals surface area contributed by atoms with Gasteiger partial charge in [-0.05, 0) is 26.3 Å². The third-order valence-corrected chi connectivity index (χ3v) is 3.82. The lowest BCUT2D eigenvalue weighted by molar-refractivity contribution is -0.144. The van der Waals surface area contributed by atoms with Gasteiger partial charge in [0.15, 0.2) is 0 Å². The number of nitrogens with one attached hydrogen (secondary N) is 1. The Morgan fingerprint density at radius 3 is 2.45 bits per heavy atom. The van der Waals surface area contributed by atoms with E-state index < -0.39 is 16.9 Å². The largest absolute Gasteiger partial charge is 0.480 e. The van der Waals surface area contributed by atoms with Crippen molar-refractivity contribution in [2.75, 3.05) is 13.1 Å². The number of carbonyl (C=O) groups excluding carboxylic acids is 2. The summed E-state index contributed by atoms with van der Waals surface area (Å²) in [6, 6.07) is 0. The molecule has 6 heteroatoms. The maximum absolute atomic E-state index is 12.0. The van der Waals surface area contributed by atoms with E-state index in [2.05, 4.69) is 5.32 Å².